The Morgan fingerprint density at radius 3 is 2.75 bits per heavy atom. The predicted octanol–water partition coefficient (Wildman–Crippen LogP) is 3.31. The quantitative estimate of drug-likeness (QED) is 0.891. The van der Waals surface area contributed by atoms with Crippen molar-refractivity contribution in [2.45, 2.75) is 39.7 Å². The van der Waals surface area contributed by atoms with Crippen molar-refractivity contribution >= 4 is 18.3 Å². The highest BCUT2D eigenvalue weighted by Crippen LogP contribution is 2.21. The molecule has 2 N–H and O–H groups in total. The van der Waals surface area contributed by atoms with Crippen LogP contribution in [-0.2, 0) is 0 Å². The van der Waals surface area contributed by atoms with Gasteiger partial charge in [-0.05, 0) is 63.9 Å². The molecule has 0 aliphatic carbocycles. The summed E-state index contributed by atoms with van der Waals surface area (Å²) in [6.45, 7) is 7.90. The molecule has 2 heterocycles. The van der Waals surface area contributed by atoms with E-state index in [2.05, 4.69) is 46.4 Å². The molecule has 5 heteroatoms. The van der Waals surface area contributed by atoms with E-state index < -0.39 is 0 Å². The van der Waals surface area contributed by atoms with Crippen molar-refractivity contribution in [3.8, 4) is 5.69 Å². The van der Waals surface area contributed by atoms with Gasteiger partial charge in [0.1, 0.15) is 0 Å². The fraction of sp³-hybridized carbons (Fsp3) is 0.421. The highest BCUT2D eigenvalue weighted by atomic mass is 35.5. The summed E-state index contributed by atoms with van der Waals surface area (Å²) in [6, 6.07) is 10.8. The second kappa shape index (κ2) is 7.86. The summed E-state index contributed by atoms with van der Waals surface area (Å²) in [4.78, 5) is 12.5. The van der Waals surface area contributed by atoms with Gasteiger partial charge in [0, 0.05) is 29.7 Å². The number of halogens is 1. The highest BCUT2D eigenvalue weighted by Gasteiger charge is 2.19. The van der Waals surface area contributed by atoms with Gasteiger partial charge in [0.2, 0.25) is 0 Å². The number of hydrogen-bond acceptors (Lipinski definition) is 2. The largest absolute Gasteiger partial charge is 0.350 e. The molecule has 1 saturated heterocycles. The van der Waals surface area contributed by atoms with E-state index in [1.807, 2.05) is 19.9 Å². The van der Waals surface area contributed by atoms with Crippen LogP contribution < -0.4 is 10.6 Å². The van der Waals surface area contributed by atoms with Crippen LogP contribution in [0.3, 0.4) is 0 Å². The number of aromatic nitrogens is 1. The lowest BCUT2D eigenvalue weighted by Crippen LogP contribution is -2.37. The van der Waals surface area contributed by atoms with Crippen LogP contribution in [0.2, 0.25) is 0 Å². The molecule has 1 atom stereocenters. The molecule has 24 heavy (non-hydrogen) atoms. The van der Waals surface area contributed by atoms with Gasteiger partial charge in [0.15, 0.2) is 0 Å². The lowest BCUT2D eigenvalue weighted by Gasteiger charge is -2.12. The first-order chi connectivity index (χ1) is 11.1. The Bertz CT molecular complexity index is 717. The van der Waals surface area contributed by atoms with E-state index in [-0.39, 0.29) is 18.3 Å². The third-order valence-corrected chi connectivity index (χ3v) is 4.61. The summed E-state index contributed by atoms with van der Waals surface area (Å²) in [5.74, 6) is 0.0192. The van der Waals surface area contributed by atoms with Crippen LogP contribution >= 0.6 is 12.4 Å². The van der Waals surface area contributed by atoms with Crippen LogP contribution in [0.1, 0.15) is 40.2 Å². The maximum atomic E-state index is 12.5. The molecule has 1 unspecified atom stereocenters. The molecule has 3 rings (SSSR count). The summed E-state index contributed by atoms with van der Waals surface area (Å²) >= 11 is 0. The highest BCUT2D eigenvalue weighted by molar-refractivity contribution is 5.96. The van der Waals surface area contributed by atoms with Gasteiger partial charge in [-0.1, -0.05) is 12.1 Å². The number of hydrogen-bond donors (Lipinski definition) is 2. The molecule has 0 bridgehead atoms. The maximum Gasteiger partial charge on any atom is 0.253 e. The number of benzene rings is 1. The molecule has 0 spiro atoms. The van der Waals surface area contributed by atoms with Crippen molar-refractivity contribution in [3.63, 3.8) is 0 Å². The molecule has 1 fully saturated rings. The topological polar surface area (TPSA) is 46.1 Å². The molecule has 1 amide bonds. The minimum Gasteiger partial charge on any atom is -0.350 e. The molecule has 1 aromatic heterocycles. The van der Waals surface area contributed by atoms with E-state index in [4.69, 9.17) is 0 Å². The lowest BCUT2D eigenvalue weighted by atomic mass is 10.2. The molecule has 1 aliphatic rings. The molecular weight excluding hydrogens is 322 g/mol. The number of nitrogens with zero attached hydrogens (tertiary/aromatic N) is 1. The van der Waals surface area contributed by atoms with E-state index >= 15 is 0 Å². The second-order valence-corrected chi connectivity index (χ2v) is 6.46. The van der Waals surface area contributed by atoms with Crippen LogP contribution in [0.25, 0.3) is 5.69 Å². The van der Waals surface area contributed by atoms with Gasteiger partial charge in [-0.15, -0.1) is 12.4 Å². The second-order valence-electron chi connectivity index (χ2n) is 6.46. The van der Waals surface area contributed by atoms with Crippen molar-refractivity contribution < 1.29 is 4.79 Å². The molecule has 4 nitrogen and oxygen atoms in total. The van der Waals surface area contributed by atoms with E-state index in [1.54, 1.807) is 0 Å². The summed E-state index contributed by atoms with van der Waals surface area (Å²) in [5, 5.41) is 6.48. The van der Waals surface area contributed by atoms with Crippen LogP contribution in [0, 0.1) is 20.8 Å². The maximum absolute atomic E-state index is 12.5. The number of rotatable bonds is 4. The summed E-state index contributed by atoms with van der Waals surface area (Å²) in [5.41, 5.74) is 5.16. The number of nitrogens with one attached hydrogen (secondary N) is 2. The van der Waals surface area contributed by atoms with Gasteiger partial charge in [0.25, 0.3) is 5.91 Å². The third-order valence-electron chi connectivity index (χ3n) is 4.61. The average Bonchev–Trinajstić information content (AvgIpc) is 3.13. The van der Waals surface area contributed by atoms with Gasteiger partial charge in [-0.25, -0.2) is 0 Å². The van der Waals surface area contributed by atoms with Gasteiger partial charge in [-0.2, -0.15) is 0 Å². The minimum atomic E-state index is 0. The van der Waals surface area contributed by atoms with Crippen molar-refractivity contribution in [1.29, 1.82) is 0 Å². The van der Waals surface area contributed by atoms with Gasteiger partial charge < -0.3 is 15.2 Å². The van der Waals surface area contributed by atoms with Crippen molar-refractivity contribution in [2.75, 3.05) is 13.1 Å². The zero-order valence-corrected chi connectivity index (χ0v) is 15.4. The first kappa shape index (κ1) is 18.6. The van der Waals surface area contributed by atoms with Gasteiger partial charge in [-0.3, -0.25) is 4.79 Å². The summed E-state index contributed by atoms with van der Waals surface area (Å²) in [7, 11) is 0. The zero-order chi connectivity index (χ0) is 16.4. The van der Waals surface area contributed by atoms with E-state index in [9.17, 15) is 4.79 Å². The number of carbonyl (C=O) groups is 1. The SMILES string of the molecule is Cc1cccc(-n2c(C)cc(C(=O)NCC3CCCN3)c2C)c1.Cl. The Kier molecular flexibility index (Phi) is 6.08. The van der Waals surface area contributed by atoms with Crippen molar-refractivity contribution in [1.82, 2.24) is 15.2 Å². The molecule has 0 saturated carbocycles. The Hall–Kier alpha value is -1.78. The Morgan fingerprint density at radius 2 is 2.08 bits per heavy atom. The lowest BCUT2D eigenvalue weighted by molar-refractivity contribution is 0.0949. The van der Waals surface area contributed by atoms with Gasteiger partial charge in [0.05, 0.1) is 5.56 Å². The smallest absolute Gasteiger partial charge is 0.253 e. The van der Waals surface area contributed by atoms with E-state index in [1.165, 1.54) is 12.0 Å². The third kappa shape index (κ3) is 3.82. The monoisotopic (exact) mass is 347 g/mol. The predicted molar refractivity (Wildman–Crippen MR) is 101 cm³/mol. The molecule has 130 valence electrons. The van der Waals surface area contributed by atoms with Crippen molar-refractivity contribution in [2.24, 2.45) is 0 Å². The summed E-state index contributed by atoms with van der Waals surface area (Å²) < 4.78 is 2.15. The van der Waals surface area contributed by atoms with E-state index in [0.717, 1.165) is 35.6 Å². The van der Waals surface area contributed by atoms with E-state index in [0.29, 0.717) is 12.6 Å². The fourth-order valence-corrected chi connectivity index (χ4v) is 3.40. The number of amides is 1. The molecule has 0 radical (unpaired) electrons. The Labute approximate surface area is 150 Å². The molecule has 2 aromatic rings. The average molecular weight is 348 g/mol. The van der Waals surface area contributed by atoms with Crippen molar-refractivity contribution in [3.05, 3.63) is 52.8 Å². The Balaban J connectivity index is 0.00000208. The first-order valence-electron chi connectivity index (χ1n) is 8.34. The van der Waals surface area contributed by atoms with Crippen LogP contribution in [0.4, 0.5) is 0 Å². The standard InChI is InChI=1S/C19H25N3O.ClH/c1-13-6-4-8-17(10-13)22-14(2)11-18(15(22)3)19(23)21-12-16-7-5-9-20-16;/h4,6,8,10-11,16,20H,5,7,9,12H2,1-3H3,(H,21,23);1H. The fourth-order valence-electron chi connectivity index (χ4n) is 3.40. The zero-order valence-electron chi connectivity index (χ0n) is 14.6. The van der Waals surface area contributed by atoms with Crippen LogP contribution in [0.15, 0.2) is 30.3 Å². The molecule has 1 aromatic carbocycles. The minimum absolute atomic E-state index is 0. The number of carbonyl (C=O) groups excluding carboxylic acids is 1. The Morgan fingerprint density at radius 1 is 1.29 bits per heavy atom. The van der Waals surface area contributed by atoms with Crippen LogP contribution in [0.5, 0.6) is 0 Å². The summed E-state index contributed by atoms with van der Waals surface area (Å²) in [6.07, 6.45) is 2.34. The molecule has 1 aliphatic heterocycles. The first-order valence-corrected chi connectivity index (χ1v) is 8.34. The molecular formula is C19H26ClN3O. The van der Waals surface area contributed by atoms with Crippen LogP contribution in [-0.4, -0.2) is 29.6 Å². The normalized spacial score (nSPS) is 16.7. The number of aryl methyl sites for hydroxylation is 2. The van der Waals surface area contributed by atoms with Gasteiger partial charge >= 0.3 is 0 Å².